The Morgan fingerprint density at radius 1 is 0.947 bits per heavy atom. The van der Waals surface area contributed by atoms with Gasteiger partial charge >= 0.3 is 0 Å². The van der Waals surface area contributed by atoms with Crippen LogP contribution in [0.1, 0.15) is 25.3 Å². The Labute approximate surface area is 235 Å². The summed E-state index contributed by atoms with van der Waals surface area (Å²) in [5.41, 5.74) is 7.91. The zero-order valence-corrected chi connectivity index (χ0v) is 23.9. The summed E-state index contributed by atoms with van der Waals surface area (Å²) in [6.07, 6.45) is 0. The molecule has 0 spiro atoms. The normalized spacial score (nSPS) is 13.0. The van der Waals surface area contributed by atoms with Gasteiger partial charge in [0.05, 0.1) is 26.8 Å². The summed E-state index contributed by atoms with van der Waals surface area (Å²) in [6.45, 7) is 6.32. The van der Waals surface area contributed by atoms with Gasteiger partial charge in [-0.25, -0.2) is 4.98 Å². The van der Waals surface area contributed by atoms with Crippen molar-refractivity contribution in [3.05, 3.63) is 35.9 Å². The van der Waals surface area contributed by atoms with Crippen molar-refractivity contribution in [2.45, 2.75) is 19.8 Å². The summed E-state index contributed by atoms with van der Waals surface area (Å²) in [5, 5.41) is 0.694. The van der Waals surface area contributed by atoms with Crippen LogP contribution in [0.5, 0.6) is 23.0 Å². The standard InChI is InChI=1S/C26H33N5O5.2ClH/c1-16(2)17-7-6-8-20(33-3)24(17)36-15-23(32)30-9-11-31(12-10-30)26-28-19-14-22(35-5)21(34-4)13-18(19)25(27)29-26;;/h6-8,13-14,16H,9-12,15H2,1-5H3,(H2,27,28,29);2*1H. The average Bonchev–Trinajstić information content (AvgIpc) is 2.90. The van der Waals surface area contributed by atoms with Crippen molar-refractivity contribution >= 4 is 53.4 Å². The summed E-state index contributed by atoms with van der Waals surface area (Å²) in [6, 6.07) is 9.32. The predicted molar refractivity (Wildman–Crippen MR) is 153 cm³/mol. The summed E-state index contributed by atoms with van der Waals surface area (Å²) in [7, 11) is 4.74. The molecule has 1 saturated heterocycles. The number of nitrogen functional groups attached to an aromatic ring is 1. The average molecular weight is 569 g/mol. The number of halogens is 2. The van der Waals surface area contributed by atoms with Crippen molar-refractivity contribution in [3.63, 3.8) is 0 Å². The number of carbonyl (C=O) groups excluding carboxylic acids is 1. The molecule has 1 fully saturated rings. The Kier molecular flexibility index (Phi) is 10.9. The second-order valence-electron chi connectivity index (χ2n) is 8.82. The summed E-state index contributed by atoms with van der Waals surface area (Å²) in [4.78, 5) is 25.9. The Balaban J connectivity index is 0.00000253. The number of amides is 1. The van der Waals surface area contributed by atoms with E-state index in [0.29, 0.717) is 71.8 Å². The molecule has 0 atom stereocenters. The largest absolute Gasteiger partial charge is 0.493 e. The van der Waals surface area contributed by atoms with Gasteiger partial charge < -0.3 is 34.5 Å². The fourth-order valence-electron chi connectivity index (χ4n) is 4.29. The van der Waals surface area contributed by atoms with E-state index >= 15 is 0 Å². The van der Waals surface area contributed by atoms with Crippen LogP contribution in [0, 0.1) is 0 Å². The Morgan fingerprint density at radius 3 is 2.18 bits per heavy atom. The molecule has 2 aromatic carbocycles. The number of nitrogens with zero attached hydrogens (tertiary/aromatic N) is 4. The first-order valence-electron chi connectivity index (χ1n) is 11.9. The molecular formula is C26H35Cl2N5O5. The minimum atomic E-state index is -0.0777. The van der Waals surface area contributed by atoms with Crippen molar-refractivity contribution in [1.29, 1.82) is 0 Å². The molecule has 12 heteroatoms. The van der Waals surface area contributed by atoms with Gasteiger partial charge in [0, 0.05) is 43.2 Å². The van der Waals surface area contributed by atoms with Gasteiger partial charge in [0.25, 0.3) is 5.91 Å². The number of anilines is 2. The van der Waals surface area contributed by atoms with E-state index in [1.54, 1.807) is 38.4 Å². The number of piperazine rings is 1. The Bertz CT molecular complexity index is 1250. The molecule has 208 valence electrons. The van der Waals surface area contributed by atoms with Crippen molar-refractivity contribution < 1.29 is 23.7 Å². The molecule has 0 saturated carbocycles. The van der Waals surface area contributed by atoms with Gasteiger partial charge in [0.2, 0.25) is 5.95 Å². The lowest BCUT2D eigenvalue weighted by Crippen LogP contribution is -2.50. The first kappa shape index (κ1) is 30.9. The van der Waals surface area contributed by atoms with E-state index < -0.39 is 0 Å². The number of carbonyl (C=O) groups is 1. The molecule has 0 aliphatic carbocycles. The lowest BCUT2D eigenvalue weighted by atomic mass is 10.0. The first-order chi connectivity index (χ1) is 17.4. The fourth-order valence-corrected chi connectivity index (χ4v) is 4.29. The van der Waals surface area contributed by atoms with E-state index in [9.17, 15) is 4.79 Å². The molecule has 10 nitrogen and oxygen atoms in total. The van der Waals surface area contributed by atoms with Crippen LogP contribution in [0.3, 0.4) is 0 Å². The molecule has 1 aromatic heterocycles. The third-order valence-corrected chi connectivity index (χ3v) is 6.33. The lowest BCUT2D eigenvalue weighted by Gasteiger charge is -2.35. The van der Waals surface area contributed by atoms with Crippen molar-refractivity contribution in [3.8, 4) is 23.0 Å². The molecule has 3 aromatic rings. The van der Waals surface area contributed by atoms with Gasteiger partial charge in [0.1, 0.15) is 5.82 Å². The first-order valence-corrected chi connectivity index (χ1v) is 11.9. The van der Waals surface area contributed by atoms with E-state index in [0.717, 1.165) is 5.56 Å². The van der Waals surface area contributed by atoms with Gasteiger partial charge in [-0.15, -0.1) is 24.8 Å². The van der Waals surface area contributed by atoms with Crippen LogP contribution in [0.25, 0.3) is 10.9 Å². The van der Waals surface area contributed by atoms with Crippen LogP contribution in [-0.4, -0.2) is 74.9 Å². The monoisotopic (exact) mass is 567 g/mol. The van der Waals surface area contributed by atoms with Crippen molar-refractivity contribution in [2.24, 2.45) is 0 Å². The Hall–Kier alpha value is -3.37. The van der Waals surface area contributed by atoms with Crippen LogP contribution in [-0.2, 0) is 4.79 Å². The number of ether oxygens (including phenoxy) is 4. The van der Waals surface area contributed by atoms with Gasteiger partial charge in [-0.2, -0.15) is 4.98 Å². The van der Waals surface area contributed by atoms with Crippen LogP contribution >= 0.6 is 24.8 Å². The van der Waals surface area contributed by atoms with Gasteiger partial charge in [-0.3, -0.25) is 4.79 Å². The molecule has 1 amide bonds. The highest BCUT2D eigenvalue weighted by molar-refractivity contribution is 5.91. The van der Waals surface area contributed by atoms with Crippen LogP contribution in [0.15, 0.2) is 30.3 Å². The highest BCUT2D eigenvalue weighted by Crippen LogP contribution is 2.36. The number of fused-ring (bicyclic) bond motifs is 1. The molecule has 0 bridgehead atoms. The predicted octanol–water partition coefficient (Wildman–Crippen LogP) is 3.93. The molecule has 1 aliphatic rings. The third kappa shape index (κ3) is 6.36. The highest BCUT2D eigenvalue weighted by atomic mass is 35.5. The minimum Gasteiger partial charge on any atom is -0.493 e. The number of methoxy groups -OCH3 is 3. The zero-order chi connectivity index (χ0) is 25.8. The summed E-state index contributed by atoms with van der Waals surface area (Å²) in [5.74, 6) is 3.42. The molecule has 4 rings (SSSR count). The zero-order valence-electron chi connectivity index (χ0n) is 22.2. The van der Waals surface area contributed by atoms with Crippen LogP contribution in [0.2, 0.25) is 0 Å². The number of aromatic nitrogens is 2. The Morgan fingerprint density at radius 2 is 1.58 bits per heavy atom. The number of nitrogens with two attached hydrogens (primary N) is 1. The van der Waals surface area contributed by atoms with Crippen molar-refractivity contribution in [1.82, 2.24) is 14.9 Å². The maximum absolute atomic E-state index is 12.9. The minimum absolute atomic E-state index is 0. The third-order valence-electron chi connectivity index (χ3n) is 6.33. The topological polar surface area (TPSA) is 112 Å². The highest BCUT2D eigenvalue weighted by Gasteiger charge is 2.25. The van der Waals surface area contributed by atoms with E-state index in [1.165, 1.54) is 0 Å². The van der Waals surface area contributed by atoms with E-state index in [2.05, 4.69) is 18.8 Å². The van der Waals surface area contributed by atoms with Crippen LogP contribution < -0.4 is 29.6 Å². The van der Waals surface area contributed by atoms with Crippen LogP contribution in [0.4, 0.5) is 11.8 Å². The molecule has 2 heterocycles. The summed E-state index contributed by atoms with van der Waals surface area (Å²) < 4.78 is 22.2. The van der Waals surface area contributed by atoms with E-state index in [1.807, 2.05) is 23.1 Å². The fraction of sp³-hybridized carbons (Fsp3) is 0.423. The quantitative estimate of drug-likeness (QED) is 0.432. The van der Waals surface area contributed by atoms with Gasteiger partial charge in [-0.05, 0) is 18.1 Å². The second kappa shape index (κ2) is 13.4. The number of benzene rings is 2. The van der Waals surface area contributed by atoms with E-state index in [-0.39, 0.29) is 43.2 Å². The van der Waals surface area contributed by atoms with Crippen molar-refractivity contribution in [2.75, 3.05) is 64.7 Å². The maximum Gasteiger partial charge on any atom is 0.260 e. The number of hydrogen-bond donors (Lipinski definition) is 1. The van der Waals surface area contributed by atoms with E-state index in [4.69, 9.17) is 29.7 Å². The molecule has 2 N–H and O–H groups in total. The number of para-hydroxylation sites is 1. The van der Waals surface area contributed by atoms with Gasteiger partial charge in [0.15, 0.2) is 29.6 Å². The number of hydrogen-bond acceptors (Lipinski definition) is 9. The molecule has 1 aliphatic heterocycles. The molecule has 0 radical (unpaired) electrons. The van der Waals surface area contributed by atoms with Gasteiger partial charge in [-0.1, -0.05) is 26.0 Å². The smallest absolute Gasteiger partial charge is 0.260 e. The molecular weight excluding hydrogens is 533 g/mol. The maximum atomic E-state index is 12.9. The summed E-state index contributed by atoms with van der Waals surface area (Å²) >= 11 is 0. The lowest BCUT2D eigenvalue weighted by molar-refractivity contribution is -0.133. The number of rotatable bonds is 8. The molecule has 38 heavy (non-hydrogen) atoms. The molecule has 0 unspecified atom stereocenters. The SMILES string of the molecule is COc1cc2nc(N3CCN(C(=O)COc4c(OC)cccc4C(C)C)CC3)nc(N)c2cc1OC.Cl.Cl. The second-order valence-corrected chi connectivity index (χ2v) is 8.82.